The van der Waals surface area contributed by atoms with Crippen LogP contribution in [0.5, 0.6) is 5.75 Å². The zero-order chi connectivity index (χ0) is 11.0. The second kappa shape index (κ2) is 3.56. The minimum absolute atomic E-state index is 0.124. The quantitative estimate of drug-likeness (QED) is 0.723. The molecule has 0 radical (unpaired) electrons. The van der Waals surface area contributed by atoms with Crippen LogP contribution >= 0.6 is 11.6 Å². The Kier molecular flexibility index (Phi) is 2.38. The molecule has 2 rings (SSSR count). The van der Waals surface area contributed by atoms with Crippen molar-refractivity contribution in [3.8, 4) is 5.75 Å². The maximum Gasteiger partial charge on any atom is 0.336 e. The van der Waals surface area contributed by atoms with E-state index in [-0.39, 0.29) is 22.9 Å². The van der Waals surface area contributed by atoms with Gasteiger partial charge in [-0.05, 0) is 11.6 Å². The summed E-state index contributed by atoms with van der Waals surface area (Å²) >= 11 is 5.75. The number of phenols is 1. The molecule has 0 spiro atoms. The third-order valence-electron chi connectivity index (χ3n) is 2.12. The smallest absolute Gasteiger partial charge is 0.336 e. The molecule has 0 unspecified atom stereocenters. The molecule has 15 heavy (non-hydrogen) atoms. The van der Waals surface area contributed by atoms with Crippen molar-refractivity contribution in [1.29, 1.82) is 0 Å². The van der Waals surface area contributed by atoms with E-state index in [9.17, 15) is 9.90 Å². The first-order valence-corrected chi connectivity index (χ1v) is 4.65. The summed E-state index contributed by atoms with van der Waals surface area (Å²) in [4.78, 5) is 11.1. The molecule has 3 N–H and O–H groups in total. The van der Waals surface area contributed by atoms with Crippen LogP contribution in [0.2, 0.25) is 5.02 Å². The molecule has 0 amide bonds. The molecule has 0 fully saturated rings. The molecule has 0 aliphatic carbocycles. The van der Waals surface area contributed by atoms with E-state index in [0.717, 1.165) is 0 Å². The van der Waals surface area contributed by atoms with Gasteiger partial charge < -0.3 is 15.3 Å². The molecule has 0 aliphatic rings. The van der Waals surface area contributed by atoms with Crippen molar-refractivity contribution >= 4 is 22.6 Å². The van der Waals surface area contributed by atoms with Gasteiger partial charge in [-0.3, -0.25) is 0 Å². The van der Waals surface area contributed by atoms with E-state index in [1.807, 2.05) is 0 Å². The Labute approximate surface area is 89.9 Å². The maximum absolute atomic E-state index is 11.1. The van der Waals surface area contributed by atoms with Crippen LogP contribution < -0.4 is 11.4 Å². The largest absolute Gasteiger partial charge is 0.506 e. The zero-order valence-electron chi connectivity index (χ0n) is 7.66. The summed E-state index contributed by atoms with van der Waals surface area (Å²) in [5.41, 5.74) is 5.92. The fourth-order valence-corrected chi connectivity index (χ4v) is 1.57. The first-order chi connectivity index (χ1) is 7.11. The predicted octanol–water partition coefficient (Wildman–Crippen LogP) is 1.61. The lowest BCUT2D eigenvalue weighted by molar-refractivity contribution is 0.473. The molecular formula is C10H8ClNO3. The van der Waals surface area contributed by atoms with Crippen LogP contribution in [0.25, 0.3) is 11.0 Å². The normalized spacial score (nSPS) is 10.8. The maximum atomic E-state index is 11.1. The van der Waals surface area contributed by atoms with Crippen molar-refractivity contribution in [3.63, 3.8) is 0 Å². The number of halogens is 1. The van der Waals surface area contributed by atoms with E-state index in [1.165, 1.54) is 18.2 Å². The predicted molar refractivity (Wildman–Crippen MR) is 57.1 cm³/mol. The zero-order valence-corrected chi connectivity index (χ0v) is 8.41. The van der Waals surface area contributed by atoms with E-state index >= 15 is 0 Å². The van der Waals surface area contributed by atoms with Gasteiger partial charge in [-0.2, -0.15) is 0 Å². The van der Waals surface area contributed by atoms with E-state index in [2.05, 4.69) is 0 Å². The van der Waals surface area contributed by atoms with E-state index in [4.69, 9.17) is 21.8 Å². The lowest BCUT2D eigenvalue weighted by atomic mass is 10.1. The number of nitrogens with two attached hydrogens (primary N) is 1. The van der Waals surface area contributed by atoms with Gasteiger partial charge in [0.05, 0.1) is 5.02 Å². The molecular weight excluding hydrogens is 218 g/mol. The highest BCUT2D eigenvalue weighted by molar-refractivity contribution is 6.32. The highest BCUT2D eigenvalue weighted by Crippen LogP contribution is 2.29. The standard InChI is InChI=1S/C10H8ClNO3/c11-7-2-6-5(4-12)1-10(14)15-9(6)3-8(7)13/h1-3,13H,4,12H2. The van der Waals surface area contributed by atoms with Gasteiger partial charge in [0.15, 0.2) is 0 Å². The average molecular weight is 226 g/mol. The summed E-state index contributed by atoms with van der Waals surface area (Å²) in [6, 6.07) is 4.14. The molecule has 0 bridgehead atoms. The summed E-state index contributed by atoms with van der Waals surface area (Å²) in [5.74, 6) is -0.124. The Morgan fingerprint density at radius 2 is 2.13 bits per heavy atom. The van der Waals surface area contributed by atoms with Gasteiger partial charge in [0, 0.05) is 24.1 Å². The lowest BCUT2D eigenvalue weighted by Crippen LogP contribution is -2.04. The highest BCUT2D eigenvalue weighted by atomic mass is 35.5. The SMILES string of the molecule is NCc1cc(=O)oc2cc(O)c(Cl)cc12. The van der Waals surface area contributed by atoms with Crippen LogP contribution in [0.15, 0.2) is 27.4 Å². The Morgan fingerprint density at radius 1 is 1.40 bits per heavy atom. The monoisotopic (exact) mass is 225 g/mol. The topological polar surface area (TPSA) is 76.5 Å². The number of aromatic hydroxyl groups is 1. The van der Waals surface area contributed by atoms with E-state index in [1.54, 1.807) is 0 Å². The van der Waals surface area contributed by atoms with Crippen molar-refractivity contribution in [3.05, 3.63) is 39.2 Å². The highest BCUT2D eigenvalue weighted by Gasteiger charge is 2.08. The van der Waals surface area contributed by atoms with Gasteiger partial charge in [-0.25, -0.2) is 4.79 Å². The molecule has 0 saturated carbocycles. The van der Waals surface area contributed by atoms with Gasteiger partial charge >= 0.3 is 5.63 Å². The van der Waals surface area contributed by atoms with Gasteiger partial charge in [0.2, 0.25) is 0 Å². The summed E-state index contributed by atoms with van der Waals surface area (Å²) in [5, 5.41) is 10.2. The summed E-state index contributed by atoms with van der Waals surface area (Å²) in [7, 11) is 0. The van der Waals surface area contributed by atoms with E-state index in [0.29, 0.717) is 10.9 Å². The molecule has 0 aliphatic heterocycles. The second-order valence-electron chi connectivity index (χ2n) is 3.09. The molecule has 1 aromatic carbocycles. The second-order valence-corrected chi connectivity index (χ2v) is 3.50. The fraction of sp³-hybridized carbons (Fsp3) is 0.100. The summed E-state index contributed by atoms with van der Waals surface area (Å²) in [6.45, 7) is 0.212. The minimum atomic E-state index is -0.496. The molecule has 78 valence electrons. The van der Waals surface area contributed by atoms with Gasteiger partial charge in [0.25, 0.3) is 0 Å². The third-order valence-corrected chi connectivity index (χ3v) is 2.42. The van der Waals surface area contributed by atoms with Gasteiger partial charge in [-0.15, -0.1) is 0 Å². The van der Waals surface area contributed by atoms with Gasteiger partial charge in [0.1, 0.15) is 11.3 Å². The fourth-order valence-electron chi connectivity index (χ4n) is 1.40. The third kappa shape index (κ3) is 1.69. The molecule has 4 nitrogen and oxygen atoms in total. The van der Waals surface area contributed by atoms with E-state index < -0.39 is 5.63 Å². The lowest BCUT2D eigenvalue weighted by Gasteiger charge is -2.04. The molecule has 1 heterocycles. The van der Waals surface area contributed by atoms with Crippen molar-refractivity contribution in [2.24, 2.45) is 5.73 Å². The van der Waals surface area contributed by atoms with Crippen LogP contribution in [-0.4, -0.2) is 5.11 Å². The molecule has 0 saturated heterocycles. The molecule has 1 aromatic heterocycles. The van der Waals surface area contributed by atoms with Crippen LogP contribution in [0.4, 0.5) is 0 Å². The van der Waals surface area contributed by atoms with Gasteiger partial charge in [-0.1, -0.05) is 11.6 Å². The number of hydrogen-bond donors (Lipinski definition) is 2. The Bertz CT molecular complexity index is 577. The Balaban J connectivity index is 2.90. The number of benzene rings is 1. The summed E-state index contributed by atoms with van der Waals surface area (Å²) < 4.78 is 4.91. The van der Waals surface area contributed by atoms with Crippen molar-refractivity contribution in [1.82, 2.24) is 0 Å². The molecule has 0 atom stereocenters. The van der Waals surface area contributed by atoms with Crippen molar-refractivity contribution in [2.75, 3.05) is 0 Å². The molecule has 5 heteroatoms. The van der Waals surface area contributed by atoms with Crippen molar-refractivity contribution < 1.29 is 9.52 Å². The van der Waals surface area contributed by atoms with Crippen molar-refractivity contribution in [2.45, 2.75) is 6.54 Å². The number of rotatable bonds is 1. The first kappa shape index (κ1) is 10.0. The number of fused-ring (bicyclic) bond motifs is 1. The van der Waals surface area contributed by atoms with Crippen LogP contribution in [0.3, 0.4) is 0 Å². The van der Waals surface area contributed by atoms with Crippen LogP contribution in [-0.2, 0) is 6.54 Å². The Hall–Kier alpha value is -1.52. The van der Waals surface area contributed by atoms with Crippen LogP contribution in [0, 0.1) is 0 Å². The average Bonchev–Trinajstić information content (AvgIpc) is 2.19. The van der Waals surface area contributed by atoms with Crippen LogP contribution in [0.1, 0.15) is 5.56 Å². The molecule has 2 aromatic rings. The first-order valence-electron chi connectivity index (χ1n) is 4.27. The minimum Gasteiger partial charge on any atom is -0.506 e. The number of phenolic OH excluding ortho intramolecular Hbond substituents is 1. The Morgan fingerprint density at radius 3 is 2.80 bits per heavy atom. The number of hydrogen-bond acceptors (Lipinski definition) is 4. The summed E-state index contributed by atoms with van der Waals surface area (Å²) in [6.07, 6.45) is 0.